The first-order chi connectivity index (χ1) is 13.2. The third kappa shape index (κ3) is 4.56. The second-order valence-corrected chi connectivity index (χ2v) is 10.1. The van der Waals surface area contributed by atoms with Gasteiger partial charge in [0.25, 0.3) is 5.91 Å². The van der Waals surface area contributed by atoms with Gasteiger partial charge in [0, 0.05) is 23.1 Å². The van der Waals surface area contributed by atoms with Crippen LogP contribution in [0.25, 0.3) is 0 Å². The quantitative estimate of drug-likeness (QED) is 0.663. The van der Waals surface area contributed by atoms with E-state index in [1.165, 1.54) is 34.6 Å². The maximum atomic E-state index is 14.0. The van der Waals surface area contributed by atoms with Crippen molar-refractivity contribution < 1.29 is 17.6 Å². The van der Waals surface area contributed by atoms with Crippen molar-refractivity contribution in [1.29, 1.82) is 0 Å². The van der Waals surface area contributed by atoms with Gasteiger partial charge >= 0.3 is 0 Å². The molecule has 1 atom stereocenters. The molecule has 1 aliphatic heterocycles. The molecule has 9 heteroatoms. The number of rotatable bonds is 4. The van der Waals surface area contributed by atoms with Crippen molar-refractivity contribution >= 4 is 49.1 Å². The van der Waals surface area contributed by atoms with Gasteiger partial charge in [-0.1, -0.05) is 34.5 Å². The molecule has 3 rings (SSSR count). The van der Waals surface area contributed by atoms with Gasteiger partial charge in [0.2, 0.25) is 10.0 Å². The maximum absolute atomic E-state index is 14.0. The molecule has 1 N–H and O–H groups in total. The Hall–Kier alpha value is -1.48. The maximum Gasteiger partial charge on any atom is 0.255 e. The smallest absolute Gasteiger partial charge is 0.255 e. The predicted octanol–water partition coefficient (Wildman–Crippen LogP) is 4.91. The standard InChI is InChI=1S/C19H19BrClFN2O3S/c1-12-3-2-8-24(11-12)28(26,27)18-9-13(4-6-15(18)21)19(25)23-17-7-5-14(20)10-16(17)22/h4-7,9-10,12H,2-3,8,11H2,1H3,(H,23,25)/t12-/m1/s1. The number of nitrogens with one attached hydrogen (secondary N) is 1. The van der Waals surface area contributed by atoms with E-state index in [2.05, 4.69) is 21.2 Å². The van der Waals surface area contributed by atoms with Crippen molar-refractivity contribution in [3.8, 4) is 0 Å². The minimum absolute atomic E-state index is 0.00240. The van der Waals surface area contributed by atoms with Crippen LogP contribution in [0.2, 0.25) is 5.02 Å². The summed E-state index contributed by atoms with van der Waals surface area (Å²) in [5.41, 5.74) is 0.0766. The summed E-state index contributed by atoms with van der Waals surface area (Å²) >= 11 is 9.29. The summed E-state index contributed by atoms with van der Waals surface area (Å²) in [4.78, 5) is 12.4. The van der Waals surface area contributed by atoms with Crippen LogP contribution in [0.15, 0.2) is 45.8 Å². The lowest BCUT2D eigenvalue weighted by Crippen LogP contribution is -2.39. The molecule has 1 saturated heterocycles. The van der Waals surface area contributed by atoms with Crippen LogP contribution in [0.3, 0.4) is 0 Å². The van der Waals surface area contributed by atoms with E-state index >= 15 is 0 Å². The van der Waals surface area contributed by atoms with Gasteiger partial charge in [-0.05, 0) is 55.2 Å². The Morgan fingerprint density at radius 1 is 1.29 bits per heavy atom. The van der Waals surface area contributed by atoms with E-state index in [1.807, 2.05) is 6.92 Å². The zero-order valence-corrected chi connectivity index (χ0v) is 18.2. The van der Waals surface area contributed by atoms with Crippen molar-refractivity contribution in [2.75, 3.05) is 18.4 Å². The van der Waals surface area contributed by atoms with Crippen LogP contribution in [0.1, 0.15) is 30.1 Å². The Labute approximate surface area is 177 Å². The number of hydrogen-bond donors (Lipinski definition) is 1. The molecule has 1 amide bonds. The number of nitrogens with zero attached hydrogens (tertiary/aromatic N) is 1. The minimum Gasteiger partial charge on any atom is -0.319 e. The molecule has 2 aromatic rings. The van der Waals surface area contributed by atoms with Crippen LogP contribution >= 0.6 is 27.5 Å². The number of benzene rings is 2. The number of anilines is 1. The van der Waals surface area contributed by atoms with Crippen LogP contribution < -0.4 is 5.32 Å². The highest BCUT2D eigenvalue weighted by Crippen LogP contribution is 2.29. The zero-order chi connectivity index (χ0) is 20.5. The Kier molecular flexibility index (Phi) is 6.44. The molecular weight excluding hydrogens is 471 g/mol. The summed E-state index contributed by atoms with van der Waals surface area (Å²) in [5, 5.41) is 2.50. The first-order valence-electron chi connectivity index (χ1n) is 8.74. The van der Waals surface area contributed by atoms with Crippen molar-refractivity contribution in [2.24, 2.45) is 5.92 Å². The zero-order valence-electron chi connectivity index (χ0n) is 15.1. The Balaban J connectivity index is 1.89. The van der Waals surface area contributed by atoms with Crippen molar-refractivity contribution in [2.45, 2.75) is 24.7 Å². The fourth-order valence-electron chi connectivity index (χ4n) is 3.13. The number of hydrogen-bond acceptors (Lipinski definition) is 3. The van der Waals surface area contributed by atoms with E-state index < -0.39 is 21.7 Å². The van der Waals surface area contributed by atoms with Gasteiger partial charge in [-0.2, -0.15) is 4.31 Å². The number of carbonyl (C=O) groups is 1. The average molecular weight is 490 g/mol. The molecular formula is C19H19BrClFN2O3S. The van der Waals surface area contributed by atoms with Crippen molar-refractivity contribution in [1.82, 2.24) is 4.31 Å². The summed E-state index contributed by atoms with van der Waals surface area (Å²) in [5.74, 6) is -0.970. The highest BCUT2D eigenvalue weighted by molar-refractivity contribution is 9.10. The average Bonchev–Trinajstić information content (AvgIpc) is 2.64. The molecule has 150 valence electrons. The van der Waals surface area contributed by atoms with Gasteiger partial charge in [-0.15, -0.1) is 0 Å². The van der Waals surface area contributed by atoms with Crippen molar-refractivity contribution in [3.05, 3.63) is 57.3 Å². The first kappa shape index (κ1) is 21.2. The largest absolute Gasteiger partial charge is 0.319 e. The van der Waals surface area contributed by atoms with Gasteiger partial charge in [0.15, 0.2) is 0 Å². The summed E-state index contributed by atoms with van der Waals surface area (Å²) in [6.45, 7) is 2.84. The molecule has 0 spiro atoms. The van der Waals surface area contributed by atoms with Gasteiger partial charge in [-0.3, -0.25) is 4.79 Å². The van der Waals surface area contributed by atoms with E-state index in [4.69, 9.17) is 11.6 Å². The van der Waals surface area contributed by atoms with E-state index in [0.29, 0.717) is 17.6 Å². The normalized spacial score (nSPS) is 18.1. The van der Waals surface area contributed by atoms with E-state index in [9.17, 15) is 17.6 Å². The Bertz CT molecular complexity index is 1020. The molecule has 0 unspecified atom stereocenters. The highest BCUT2D eigenvalue weighted by atomic mass is 79.9. The van der Waals surface area contributed by atoms with E-state index in [1.54, 1.807) is 6.07 Å². The molecule has 0 saturated carbocycles. The third-order valence-corrected chi connectivity index (χ3v) is 7.45. The Morgan fingerprint density at radius 2 is 2.04 bits per heavy atom. The number of amides is 1. The predicted molar refractivity (Wildman–Crippen MR) is 111 cm³/mol. The molecule has 0 radical (unpaired) electrons. The van der Waals surface area contributed by atoms with E-state index in [0.717, 1.165) is 12.8 Å². The van der Waals surface area contributed by atoms with Gasteiger partial charge in [0.1, 0.15) is 10.7 Å². The lowest BCUT2D eigenvalue weighted by atomic mass is 10.0. The second-order valence-electron chi connectivity index (χ2n) is 6.83. The number of sulfonamides is 1. The summed E-state index contributed by atoms with van der Waals surface area (Å²) < 4.78 is 42.0. The van der Waals surface area contributed by atoms with Crippen LogP contribution in [-0.4, -0.2) is 31.7 Å². The van der Waals surface area contributed by atoms with Gasteiger partial charge < -0.3 is 5.32 Å². The summed E-state index contributed by atoms with van der Waals surface area (Å²) in [6, 6.07) is 8.25. The molecule has 0 bridgehead atoms. The molecule has 1 heterocycles. The second kappa shape index (κ2) is 8.49. The Morgan fingerprint density at radius 3 is 2.71 bits per heavy atom. The van der Waals surface area contributed by atoms with Crippen LogP contribution in [0.4, 0.5) is 10.1 Å². The summed E-state index contributed by atoms with van der Waals surface area (Å²) in [7, 11) is -3.83. The third-order valence-electron chi connectivity index (χ3n) is 4.61. The molecule has 2 aromatic carbocycles. The minimum atomic E-state index is -3.83. The lowest BCUT2D eigenvalue weighted by molar-refractivity contribution is 0.102. The number of carbonyl (C=O) groups excluding carboxylic acids is 1. The molecule has 1 fully saturated rings. The SMILES string of the molecule is C[C@@H]1CCCN(S(=O)(=O)c2cc(C(=O)Nc3ccc(Br)cc3F)ccc2Cl)C1. The van der Waals surface area contributed by atoms with Crippen LogP contribution in [-0.2, 0) is 10.0 Å². The molecule has 28 heavy (non-hydrogen) atoms. The topological polar surface area (TPSA) is 66.5 Å². The molecule has 5 nitrogen and oxygen atoms in total. The van der Waals surface area contributed by atoms with Crippen LogP contribution in [0.5, 0.6) is 0 Å². The number of halogens is 3. The fourth-order valence-corrected chi connectivity index (χ4v) is 5.56. The molecule has 0 aliphatic carbocycles. The summed E-state index contributed by atoms with van der Waals surface area (Å²) in [6.07, 6.45) is 1.75. The molecule has 1 aliphatic rings. The van der Waals surface area contributed by atoms with Crippen molar-refractivity contribution in [3.63, 3.8) is 0 Å². The number of piperidine rings is 1. The molecule has 0 aromatic heterocycles. The van der Waals surface area contributed by atoms with E-state index in [-0.39, 0.29) is 27.1 Å². The van der Waals surface area contributed by atoms with Gasteiger partial charge in [-0.25, -0.2) is 12.8 Å². The monoisotopic (exact) mass is 488 g/mol. The van der Waals surface area contributed by atoms with Crippen LogP contribution in [0, 0.1) is 11.7 Å². The highest BCUT2D eigenvalue weighted by Gasteiger charge is 2.31. The fraction of sp³-hybridized carbons (Fsp3) is 0.316. The first-order valence-corrected chi connectivity index (χ1v) is 11.4. The lowest BCUT2D eigenvalue weighted by Gasteiger charge is -2.30. The van der Waals surface area contributed by atoms with Gasteiger partial charge in [0.05, 0.1) is 10.7 Å².